The summed E-state index contributed by atoms with van der Waals surface area (Å²) in [6, 6.07) is 0. The summed E-state index contributed by atoms with van der Waals surface area (Å²) in [6.45, 7) is 4.45. The maximum atomic E-state index is 11.4. The first kappa shape index (κ1) is 14.2. The lowest BCUT2D eigenvalue weighted by Gasteiger charge is -2.14. The molecule has 0 saturated carbocycles. The highest BCUT2D eigenvalue weighted by atomic mass is 16.5. The molecule has 0 radical (unpaired) electrons. The Bertz CT molecular complexity index is 315. The lowest BCUT2D eigenvalue weighted by molar-refractivity contribution is -0.146. The molecule has 0 saturated heterocycles. The largest absolute Gasteiger partial charge is 0.460 e. The summed E-state index contributed by atoms with van der Waals surface area (Å²) in [5.74, 6) is -0.644. The number of aldehydes is 3. The molecule has 0 bridgehead atoms. The van der Waals surface area contributed by atoms with Crippen molar-refractivity contribution in [2.24, 2.45) is 5.41 Å². The molecule has 0 atom stereocenters. The topological polar surface area (TPSA) is 77.5 Å². The zero-order valence-electron chi connectivity index (χ0n) is 9.48. The predicted molar refractivity (Wildman–Crippen MR) is 55.6 cm³/mol. The Morgan fingerprint density at radius 3 is 1.81 bits per heavy atom. The Morgan fingerprint density at radius 1 is 1.06 bits per heavy atom. The quantitative estimate of drug-likeness (QED) is 0.285. The van der Waals surface area contributed by atoms with Crippen molar-refractivity contribution in [3.05, 3.63) is 11.1 Å². The van der Waals surface area contributed by atoms with E-state index in [9.17, 15) is 19.2 Å². The summed E-state index contributed by atoms with van der Waals surface area (Å²) in [4.78, 5) is 43.0. The number of carbonyl (C=O) groups is 4. The number of carbonyl (C=O) groups excluding carboxylic acids is 4. The van der Waals surface area contributed by atoms with Crippen molar-refractivity contribution in [2.45, 2.75) is 20.8 Å². The smallest absolute Gasteiger partial charge is 0.333 e. The standard InChI is InChI=1S/C11H14O5/c1-8(2)9(3)10(15)16-7-11(4-12,5-13)6-14/h4-6H,7H2,1-3H3. The molecule has 0 N–H and O–H groups in total. The van der Waals surface area contributed by atoms with E-state index >= 15 is 0 Å². The van der Waals surface area contributed by atoms with Gasteiger partial charge >= 0.3 is 5.97 Å². The van der Waals surface area contributed by atoms with Gasteiger partial charge in [-0.2, -0.15) is 0 Å². The number of ether oxygens (including phenoxy) is 1. The van der Waals surface area contributed by atoms with Gasteiger partial charge in [0.25, 0.3) is 0 Å². The van der Waals surface area contributed by atoms with Crippen molar-refractivity contribution in [2.75, 3.05) is 6.61 Å². The van der Waals surface area contributed by atoms with Crippen molar-refractivity contribution < 1.29 is 23.9 Å². The molecule has 5 heteroatoms. The molecular formula is C11H14O5. The highest BCUT2D eigenvalue weighted by Crippen LogP contribution is 2.10. The van der Waals surface area contributed by atoms with Crippen LogP contribution in [-0.2, 0) is 23.9 Å². The molecule has 0 unspecified atom stereocenters. The van der Waals surface area contributed by atoms with Crippen LogP contribution in [0.15, 0.2) is 11.1 Å². The van der Waals surface area contributed by atoms with E-state index in [0.29, 0.717) is 5.57 Å². The molecule has 0 spiro atoms. The molecule has 5 nitrogen and oxygen atoms in total. The second kappa shape index (κ2) is 5.95. The first-order valence-corrected chi connectivity index (χ1v) is 4.62. The Kier molecular flexibility index (Phi) is 5.29. The van der Waals surface area contributed by atoms with Gasteiger partial charge in [0.15, 0.2) is 5.41 Å². The lowest BCUT2D eigenvalue weighted by atomic mass is 9.96. The van der Waals surface area contributed by atoms with E-state index in [2.05, 4.69) is 0 Å². The molecule has 0 rings (SSSR count). The monoisotopic (exact) mass is 226 g/mol. The highest BCUT2D eigenvalue weighted by molar-refractivity contribution is 6.02. The van der Waals surface area contributed by atoms with Gasteiger partial charge in [-0.3, -0.25) is 0 Å². The van der Waals surface area contributed by atoms with Gasteiger partial charge in [0, 0.05) is 5.57 Å². The molecule has 0 heterocycles. The number of rotatable bonds is 6. The zero-order chi connectivity index (χ0) is 12.8. The van der Waals surface area contributed by atoms with Crippen LogP contribution < -0.4 is 0 Å². The number of hydrogen-bond acceptors (Lipinski definition) is 5. The molecule has 0 aliphatic heterocycles. The van der Waals surface area contributed by atoms with Gasteiger partial charge < -0.3 is 19.1 Å². The molecule has 0 aliphatic carbocycles. The first-order valence-electron chi connectivity index (χ1n) is 4.62. The van der Waals surface area contributed by atoms with E-state index in [1.807, 2.05) is 0 Å². The summed E-state index contributed by atoms with van der Waals surface area (Å²) < 4.78 is 4.71. The van der Waals surface area contributed by atoms with Crippen molar-refractivity contribution in [3.63, 3.8) is 0 Å². The van der Waals surface area contributed by atoms with Gasteiger partial charge in [-0.1, -0.05) is 5.57 Å². The fourth-order valence-corrected chi connectivity index (χ4v) is 0.688. The van der Waals surface area contributed by atoms with Gasteiger partial charge in [0.05, 0.1) is 0 Å². The number of esters is 1. The molecule has 0 aromatic heterocycles. The molecule has 0 amide bonds. The second-order valence-electron chi connectivity index (χ2n) is 3.67. The maximum absolute atomic E-state index is 11.4. The summed E-state index contributed by atoms with van der Waals surface area (Å²) in [5, 5.41) is 0. The van der Waals surface area contributed by atoms with Crippen LogP contribution in [0.3, 0.4) is 0 Å². The molecule has 0 aromatic carbocycles. The normalized spacial score (nSPS) is 10.2. The lowest BCUT2D eigenvalue weighted by Crippen LogP contribution is -2.33. The average Bonchev–Trinajstić information content (AvgIpc) is 2.30. The van der Waals surface area contributed by atoms with Gasteiger partial charge in [0.2, 0.25) is 0 Å². The van der Waals surface area contributed by atoms with Crippen LogP contribution in [0.25, 0.3) is 0 Å². The fraction of sp³-hybridized carbons (Fsp3) is 0.455. The van der Waals surface area contributed by atoms with Gasteiger partial charge in [-0.25, -0.2) is 4.79 Å². The zero-order valence-corrected chi connectivity index (χ0v) is 9.48. The second-order valence-corrected chi connectivity index (χ2v) is 3.67. The van der Waals surface area contributed by atoms with Crippen LogP contribution >= 0.6 is 0 Å². The minimum absolute atomic E-state index is 0.165. The van der Waals surface area contributed by atoms with Crippen LogP contribution in [0.4, 0.5) is 0 Å². The van der Waals surface area contributed by atoms with Crippen molar-refractivity contribution in [3.8, 4) is 0 Å². The van der Waals surface area contributed by atoms with Crippen molar-refractivity contribution in [1.29, 1.82) is 0 Å². The van der Waals surface area contributed by atoms with E-state index in [0.717, 1.165) is 5.57 Å². The third-order valence-electron chi connectivity index (χ3n) is 2.17. The minimum Gasteiger partial charge on any atom is -0.460 e. The number of allylic oxidation sites excluding steroid dienone is 1. The first-order chi connectivity index (χ1) is 7.42. The Morgan fingerprint density at radius 2 is 1.50 bits per heavy atom. The molecule has 0 aromatic rings. The van der Waals surface area contributed by atoms with Crippen LogP contribution in [-0.4, -0.2) is 31.4 Å². The summed E-state index contributed by atoms with van der Waals surface area (Å²) in [6.07, 6.45) is 0.494. The van der Waals surface area contributed by atoms with E-state index in [-0.39, 0.29) is 18.9 Å². The summed E-state index contributed by atoms with van der Waals surface area (Å²) in [7, 11) is 0. The average molecular weight is 226 g/mol. The fourth-order valence-electron chi connectivity index (χ4n) is 0.688. The van der Waals surface area contributed by atoms with Gasteiger partial charge in [0.1, 0.15) is 25.5 Å². The predicted octanol–water partition coefficient (Wildman–Crippen LogP) is 0.469. The molecule has 16 heavy (non-hydrogen) atoms. The van der Waals surface area contributed by atoms with Crippen LogP contribution in [0.5, 0.6) is 0 Å². The minimum atomic E-state index is -1.88. The molecular weight excluding hydrogens is 212 g/mol. The number of hydrogen-bond donors (Lipinski definition) is 0. The van der Waals surface area contributed by atoms with Crippen LogP contribution in [0.1, 0.15) is 20.8 Å². The summed E-state index contributed by atoms with van der Waals surface area (Å²) in [5.41, 5.74) is -0.729. The third kappa shape index (κ3) is 3.42. The third-order valence-corrected chi connectivity index (χ3v) is 2.17. The van der Waals surface area contributed by atoms with Crippen molar-refractivity contribution in [1.82, 2.24) is 0 Å². The van der Waals surface area contributed by atoms with Gasteiger partial charge in [-0.05, 0) is 20.8 Å². The Hall–Kier alpha value is -1.78. The molecule has 0 fully saturated rings. The Labute approximate surface area is 93.5 Å². The summed E-state index contributed by atoms with van der Waals surface area (Å²) >= 11 is 0. The highest BCUT2D eigenvalue weighted by Gasteiger charge is 2.31. The molecule has 0 aliphatic rings. The van der Waals surface area contributed by atoms with E-state index in [4.69, 9.17) is 4.74 Å². The van der Waals surface area contributed by atoms with Crippen LogP contribution in [0.2, 0.25) is 0 Å². The Balaban J connectivity index is 4.62. The van der Waals surface area contributed by atoms with Gasteiger partial charge in [-0.15, -0.1) is 0 Å². The van der Waals surface area contributed by atoms with E-state index < -0.39 is 18.0 Å². The van der Waals surface area contributed by atoms with E-state index in [1.54, 1.807) is 20.8 Å². The molecule has 88 valence electrons. The van der Waals surface area contributed by atoms with E-state index in [1.165, 1.54) is 0 Å². The maximum Gasteiger partial charge on any atom is 0.333 e. The SMILES string of the molecule is CC(C)=C(C)C(=O)OCC(C=O)(C=O)C=O. The van der Waals surface area contributed by atoms with Crippen molar-refractivity contribution >= 4 is 24.8 Å². The van der Waals surface area contributed by atoms with Crippen LogP contribution in [0, 0.1) is 5.41 Å².